The van der Waals surface area contributed by atoms with E-state index in [1.54, 1.807) is 0 Å². The van der Waals surface area contributed by atoms with Gasteiger partial charge in [-0.3, -0.25) is 0 Å². The minimum Gasteiger partial charge on any atom is -0.477 e. The first-order chi connectivity index (χ1) is 7.77. The number of rotatable bonds is 1. The number of nitrogens with zero attached hydrogens (tertiary/aromatic N) is 1. The SMILES string of the molecule is O=C(O)C1=C2N=c3ccccc3=C2CCN1. The van der Waals surface area contributed by atoms with Crippen LogP contribution in [0.4, 0.5) is 0 Å². The van der Waals surface area contributed by atoms with Crippen LogP contribution < -0.4 is 15.9 Å². The maximum absolute atomic E-state index is 11.1. The summed E-state index contributed by atoms with van der Waals surface area (Å²) in [5, 5.41) is 13.9. The van der Waals surface area contributed by atoms with Gasteiger partial charge in [0.05, 0.1) is 11.1 Å². The molecule has 2 N–H and O–H groups in total. The summed E-state index contributed by atoms with van der Waals surface area (Å²) in [7, 11) is 0. The molecule has 0 saturated carbocycles. The normalized spacial score (nSPS) is 17.4. The Bertz CT molecular complexity index is 629. The zero-order chi connectivity index (χ0) is 11.1. The fourth-order valence-corrected chi connectivity index (χ4v) is 2.17. The number of hydrogen-bond acceptors (Lipinski definition) is 3. The molecule has 1 aromatic carbocycles. The van der Waals surface area contributed by atoms with Crippen molar-refractivity contribution in [3.8, 4) is 0 Å². The number of carboxylic acids is 1. The summed E-state index contributed by atoms with van der Waals surface area (Å²) in [5.74, 6) is -0.941. The van der Waals surface area contributed by atoms with Crippen molar-refractivity contribution < 1.29 is 9.90 Å². The number of nitrogens with one attached hydrogen (secondary N) is 1. The van der Waals surface area contributed by atoms with Crippen molar-refractivity contribution in [3.05, 3.63) is 46.2 Å². The Morgan fingerprint density at radius 1 is 1.38 bits per heavy atom. The predicted octanol–water partition coefficient (Wildman–Crippen LogP) is -0.240. The van der Waals surface area contributed by atoms with Gasteiger partial charge in [-0.25, -0.2) is 9.79 Å². The van der Waals surface area contributed by atoms with Gasteiger partial charge in [-0.1, -0.05) is 18.2 Å². The van der Waals surface area contributed by atoms with E-state index in [4.69, 9.17) is 5.11 Å². The first-order valence-electron chi connectivity index (χ1n) is 5.16. The summed E-state index contributed by atoms with van der Waals surface area (Å²) in [5.41, 5.74) is 1.86. The van der Waals surface area contributed by atoms with E-state index >= 15 is 0 Å². The van der Waals surface area contributed by atoms with Crippen molar-refractivity contribution in [3.63, 3.8) is 0 Å². The molecule has 2 heterocycles. The van der Waals surface area contributed by atoms with Crippen LogP contribution in [0.3, 0.4) is 0 Å². The van der Waals surface area contributed by atoms with Crippen molar-refractivity contribution in [1.29, 1.82) is 0 Å². The molecule has 0 bridgehead atoms. The lowest BCUT2D eigenvalue weighted by Gasteiger charge is -2.17. The van der Waals surface area contributed by atoms with E-state index in [0.717, 1.165) is 22.6 Å². The molecule has 0 atom stereocenters. The average molecular weight is 214 g/mol. The molecule has 3 rings (SSSR count). The van der Waals surface area contributed by atoms with E-state index in [2.05, 4.69) is 10.3 Å². The van der Waals surface area contributed by atoms with E-state index < -0.39 is 5.97 Å². The van der Waals surface area contributed by atoms with Crippen LogP contribution >= 0.6 is 0 Å². The molecule has 0 fully saturated rings. The molecular weight excluding hydrogens is 204 g/mol. The molecule has 80 valence electrons. The third-order valence-electron chi connectivity index (χ3n) is 2.87. The second-order valence-corrected chi connectivity index (χ2v) is 3.81. The van der Waals surface area contributed by atoms with Gasteiger partial charge in [0.25, 0.3) is 0 Å². The van der Waals surface area contributed by atoms with E-state index in [9.17, 15) is 4.79 Å². The topological polar surface area (TPSA) is 61.7 Å². The van der Waals surface area contributed by atoms with Gasteiger partial charge in [0.15, 0.2) is 0 Å². The maximum atomic E-state index is 11.1. The molecule has 16 heavy (non-hydrogen) atoms. The van der Waals surface area contributed by atoms with Crippen molar-refractivity contribution in [2.75, 3.05) is 6.54 Å². The number of benzene rings is 1. The quantitative estimate of drug-likeness (QED) is 0.678. The lowest BCUT2D eigenvalue weighted by Crippen LogP contribution is -2.29. The third-order valence-corrected chi connectivity index (χ3v) is 2.87. The van der Waals surface area contributed by atoms with Crippen LogP contribution in [0.15, 0.2) is 40.7 Å². The predicted molar refractivity (Wildman–Crippen MR) is 57.9 cm³/mol. The number of hydrogen-bond donors (Lipinski definition) is 2. The Balaban J connectivity index is 2.37. The molecule has 4 heteroatoms. The van der Waals surface area contributed by atoms with Gasteiger partial charge >= 0.3 is 5.97 Å². The molecule has 0 amide bonds. The summed E-state index contributed by atoms with van der Waals surface area (Å²) in [4.78, 5) is 15.4. The summed E-state index contributed by atoms with van der Waals surface area (Å²) < 4.78 is 0. The second kappa shape index (κ2) is 3.20. The molecule has 0 spiro atoms. The zero-order valence-electron chi connectivity index (χ0n) is 8.53. The van der Waals surface area contributed by atoms with Gasteiger partial charge in [-0.2, -0.15) is 0 Å². The van der Waals surface area contributed by atoms with Gasteiger partial charge in [0, 0.05) is 11.8 Å². The fourth-order valence-electron chi connectivity index (χ4n) is 2.17. The Labute approximate surface area is 91.6 Å². The number of allylic oxidation sites excluding steroid dienone is 1. The molecule has 4 nitrogen and oxygen atoms in total. The van der Waals surface area contributed by atoms with Crippen molar-refractivity contribution in [2.45, 2.75) is 6.42 Å². The van der Waals surface area contributed by atoms with Crippen LogP contribution in [-0.4, -0.2) is 17.6 Å². The van der Waals surface area contributed by atoms with E-state index in [0.29, 0.717) is 12.2 Å². The van der Waals surface area contributed by atoms with Crippen molar-refractivity contribution >= 4 is 11.5 Å². The third kappa shape index (κ3) is 1.16. The lowest BCUT2D eigenvalue weighted by molar-refractivity contribution is -0.133. The first-order valence-corrected chi connectivity index (χ1v) is 5.16. The zero-order valence-corrected chi connectivity index (χ0v) is 8.53. The largest absolute Gasteiger partial charge is 0.477 e. The van der Waals surface area contributed by atoms with Gasteiger partial charge in [-0.15, -0.1) is 0 Å². The van der Waals surface area contributed by atoms with Gasteiger partial charge in [-0.05, 0) is 18.1 Å². The van der Waals surface area contributed by atoms with Crippen LogP contribution in [-0.2, 0) is 4.79 Å². The smallest absolute Gasteiger partial charge is 0.354 e. The number of carbonyl (C=O) groups is 1. The highest BCUT2D eigenvalue weighted by molar-refractivity contribution is 5.92. The fraction of sp³-hybridized carbons (Fsp3) is 0.167. The van der Waals surface area contributed by atoms with Crippen molar-refractivity contribution in [2.24, 2.45) is 4.99 Å². The Kier molecular flexibility index (Phi) is 1.83. The van der Waals surface area contributed by atoms with Crippen LogP contribution in [0, 0.1) is 0 Å². The van der Waals surface area contributed by atoms with Crippen LogP contribution in [0.1, 0.15) is 6.42 Å². The second-order valence-electron chi connectivity index (χ2n) is 3.81. The maximum Gasteiger partial charge on any atom is 0.354 e. The molecule has 0 aromatic heterocycles. The molecular formula is C12H10N2O2. The molecule has 2 aliphatic rings. The van der Waals surface area contributed by atoms with Crippen molar-refractivity contribution in [1.82, 2.24) is 5.32 Å². The van der Waals surface area contributed by atoms with Gasteiger partial charge in [0.1, 0.15) is 5.70 Å². The highest BCUT2D eigenvalue weighted by Gasteiger charge is 2.24. The Morgan fingerprint density at radius 3 is 3.00 bits per heavy atom. The molecule has 0 unspecified atom stereocenters. The van der Waals surface area contributed by atoms with E-state index in [-0.39, 0.29) is 5.70 Å². The number of fused-ring (bicyclic) bond motifs is 2. The lowest BCUT2D eigenvalue weighted by atomic mass is 10.0. The minimum absolute atomic E-state index is 0.220. The highest BCUT2D eigenvalue weighted by Crippen LogP contribution is 2.23. The van der Waals surface area contributed by atoms with Crippen LogP contribution in [0.25, 0.3) is 5.57 Å². The van der Waals surface area contributed by atoms with Crippen LogP contribution in [0.2, 0.25) is 0 Å². The van der Waals surface area contributed by atoms with Gasteiger partial charge < -0.3 is 10.4 Å². The van der Waals surface area contributed by atoms with E-state index in [1.165, 1.54) is 0 Å². The first kappa shape index (κ1) is 9.15. The number of aliphatic carboxylic acids is 1. The number of para-hydroxylation sites is 1. The molecule has 1 aromatic rings. The summed E-state index contributed by atoms with van der Waals surface area (Å²) in [6.07, 6.45) is 0.826. The van der Waals surface area contributed by atoms with Gasteiger partial charge in [0.2, 0.25) is 0 Å². The monoisotopic (exact) mass is 214 g/mol. The molecule has 0 saturated heterocycles. The standard InChI is InChI=1S/C12H10N2O2/c15-12(16)11-10-8(5-6-13-11)7-3-1-2-4-9(7)14-10/h1-4,13H,5-6H2,(H,15,16). The Hall–Kier alpha value is -2.10. The number of carboxylic acid groups (broad SMARTS) is 1. The Morgan fingerprint density at radius 2 is 2.19 bits per heavy atom. The highest BCUT2D eigenvalue weighted by atomic mass is 16.4. The molecule has 2 aliphatic heterocycles. The molecule has 0 aliphatic carbocycles. The summed E-state index contributed by atoms with van der Waals surface area (Å²) in [6.45, 7) is 0.657. The summed E-state index contributed by atoms with van der Waals surface area (Å²) >= 11 is 0. The average Bonchev–Trinajstić information content (AvgIpc) is 2.67. The van der Waals surface area contributed by atoms with Crippen LogP contribution in [0.5, 0.6) is 0 Å². The summed E-state index contributed by atoms with van der Waals surface area (Å²) in [6, 6.07) is 7.76. The minimum atomic E-state index is -0.941. The van der Waals surface area contributed by atoms with E-state index in [1.807, 2.05) is 24.3 Å². The molecule has 0 radical (unpaired) electrons.